The molecule has 0 bridgehead atoms. The van der Waals surface area contributed by atoms with Crippen LogP contribution in [0.5, 0.6) is 5.75 Å². The van der Waals surface area contributed by atoms with Crippen LogP contribution >= 0.6 is 15.9 Å². The molecule has 2 aromatic rings. The molecule has 104 valence electrons. The third kappa shape index (κ3) is 3.05. The van der Waals surface area contributed by atoms with Gasteiger partial charge in [0.25, 0.3) is 0 Å². The maximum atomic E-state index is 6.31. The number of hydrogen-bond donors (Lipinski definition) is 1. The first-order chi connectivity index (χ1) is 9.72. The molecule has 2 aromatic carbocycles. The number of halogens is 1. The van der Waals surface area contributed by atoms with Crippen molar-refractivity contribution in [1.29, 1.82) is 0 Å². The molecule has 0 aromatic heterocycles. The molecule has 0 aliphatic carbocycles. The second-order valence-corrected chi connectivity index (χ2v) is 6.22. The maximum Gasteiger partial charge on any atom is 0.125 e. The van der Waals surface area contributed by atoms with Crippen molar-refractivity contribution in [3.8, 4) is 5.75 Å². The van der Waals surface area contributed by atoms with E-state index >= 15 is 0 Å². The molecular formula is C17H18BrNO. The van der Waals surface area contributed by atoms with Gasteiger partial charge < -0.3 is 10.5 Å². The fraction of sp³-hybridized carbons (Fsp3) is 0.294. The Balaban J connectivity index is 1.75. The first-order valence-electron chi connectivity index (χ1n) is 6.96. The standard InChI is InChI=1S/C17H18BrNO/c18-15-9-13-6-7-20-17(13)14(10-15)11-16(19)8-12-4-2-1-3-5-12/h1-5,9-10,16H,6-8,11,19H2. The average Bonchev–Trinajstić information content (AvgIpc) is 2.88. The van der Waals surface area contributed by atoms with Crippen LogP contribution in [-0.4, -0.2) is 12.6 Å². The molecule has 1 heterocycles. The van der Waals surface area contributed by atoms with Crippen molar-refractivity contribution in [2.45, 2.75) is 25.3 Å². The molecule has 3 rings (SSSR count). The van der Waals surface area contributed by atoms with Gasteiger partial charge in [0.1, 0.15) is 5.75 Å². The minimum Gasteiger partial charge on any atom is -0.493 e. The fourth-order valence-electron chi connectivity index (χ4n) is 2.77. The summed E-state index contributed by atoms with van der Waals surface area (Å²) in [4.78, 5) is 0. The third-order valence-electron chi connectivity index (χ3n) is 3.65. The monoisotopic (exact) mass is 331 g/mol. The van der Waals surface area contributed by atoms with Crippen LogP contribution in [0.15, 0.2) is 46.9 Å². The Morgan fingerprint density at radius 1 is 1.15 bits per heavy atom. The molecule has 0 spiro atoms. The molecule has 0 fully saturated rings. The zero-order valence-corrected chi connectivity index (χ0v) is 12.9. The van der Waals surface area contributed by atoms with Crippen molar-refractivity contribution in [2.24, 2.45) is 5.73 Å². The van der Waals surface area contributed by atoms with Gasteiger partial charge in [0.05, 0.1) is 6.61 Å². The fourth-order valence-corrected chi connectivity index (χ4v) is 3.32. The predicted octanol–water partition coefficient (Wildman–Crippen LogP) is 3.50. The van der Waals surface area contributed by atoms with E-state index in [2.05, 4.69) is 52.3 Å². The summed E-state index contributed by atoms with van der Waals surface area (Å²) >= 11 is 3.58. The van der Waals surface area contributed by atoms with Crippen LogP contribution in [-0.2, 0) is 19.3 Å². The van der Waals surface area contributed by atoms with E-state index in [0.29, 0.717) is 0 Å². The maximum absolute atomic E-state index is 6.31. The van der Waals surface area contributed by atoms with Crippen molar-refractivity contribution in [1.82, 2.24) is 0 Å². The molecule has 3 heteroatoms. The van der Waals surface area contributed by atoms with E-state index in [4.69, 9.17) is 10.5 Å². The number of hydrogen-bond acceptors (Lipinski definition) is 2. The average molecular weight is 332 g/mol. The van der Waals surface area contributed by atoms with Gasteiger partial charge in [-0.25, -0.2) is 0 Å². The highest BCUT2D eigenvalue weighted by Gasteiger charge is 2.19. The zero-order chi connectivity index (χ0) is 13.9. The van der Waals surface area contributed by atoms with Crippen LogP contribution < -0.4 is 10.5 Å². The molecule has 1 aliphatic heterocycles. The van der Waals surface area contributed by atoms with Crippen molar-refractivity contribution in [3.05, 3.63) is 63.6 Å². The summed E-state index contributed by atoms with van der Waals surface area (Å²) in [5, 5.41) is 0. The molecule has 0 saturated heterocycles. The Kier molecular flexibility index (Phi) is 4.08. The van der Waals surface area contributed by atoms with Crippen LogP contribution in [0, 0.1) is 0 Å². The Bertz CT molecular complexity index is 597. The summed E-state index contributed by atoms with van der Waals surface area (Å²) in [5.41, 5.74) is 10.1. The number of benzene rings is 2. The molecule has 0 amide bonds. The lowest BCUT2D eigenvalue weighted by Gasteiger charge is -2.15. The van der Waals surface area contributed by atoms with Gasteiger partial charge in [0, 0.05) is 16.9 Å². The SMILES string of the molecule is NC(Cc1ccccc1)Cc1cc(Br)cc2c1OCC2. The van der Waals surface area contributed by atoms with E-state index < -0.39 is 0 Å². The molecular weight excluding hydrogens is 314 g/mol. The first kappa shape index (κ1) is 13.7. The van der Waals surface area contributed by atoms with E-state index in [1.54, 1.807) is 0 Å². The normalized spacial score (nSPS) is 14.7. The molecule has 0 radical (unpaired) electrons. The van der Waals surface area contributed by atoms with Gasteiger partial charge >= 0.3 is 0 Å². The van der Waals surface area contributed by atoms with Gasteiger partial charge in [0.2, 0.25) is 0 Å². The van der Waals surface area contributed by atoms with Gasteiger partial charge in [-0.05, 0) is 41.7 Å². The van der Waals surface area contributed by atoms with Crippen LogP contribution in [0.2, 0.25) is 0 Å². The first-order valence-corrected chi connectivity index (χ1v) is 7.75. The van der Waals surface area contributed by atoms with Gasteiger partial charge in [-0.15, -0.1) is 0 Å². The smallest absolute Gasteiger partial charge is 0.125 e. The van der Waals surface area contributed by atoms with E-state index in [0.717, 1.165) is 36.1 Å². The van der Waals surface area contributed by atoms with Gasteiger partial charge in [0.15, 0.2) is 0 Å². The summed E-state index contributed by atoms with van der Waals surface area (Å²) in [6.07, 6.45) is 2.73. The van der Waals surface area contributed by atoms with Gasteiger partial charge in [-0.2, -0.15) is 0 Å². The lowest BCUT2D eigenvalue weighted by molar-refractivity contribution is 0.352. The lowest BCUT2D eigenvalue weighted by atomic mass is 9.97. The zero-order valence-electron chi connectivity index (χ0n) is 11.3. The molecule has 1 aliphatic rings. The summed E-state index contributed by atoms with van der Waals surface area (Å²) in [7, 11) is 0. The Hall–Kier alpha value is -1.32. The highest BCUT2D eigenvalue weighted by Crippen LogP contribution is 2.33. The predicted molar refractivity (Wildman–Crippen MR) is 85.2 cm³/mol. The highest BCUT2D eigenvalue weighted by molar-refractivity contribution is 9.10. The van der Waals surface area contributed by atoms with E-state index in [1.807, 2.05) is 6.07 Å². The highest BCUT2D eigenvalue weighted by atomic mass is 79.9. The second kappa shape index (κ2) is 5.98. The largest absolute Gasteiger partial charge is 0.493 e. The van der Waals surface area contributed by atoms with Crippen LogP contribution in [0.3, 0.4) is 0 Å². The van der Waals surface area contributed by atoms with Crippen LogP contribution in [0.25, 0.3) is 0 Å². The number of rotatable bonds is 4. The van der Waals surface area contributed by atoms with Crippen molar-refractivity contribution >= 4 is 15.9 Å². The molecule has 0 saturated carbocycles. The summed E-state index contributed by atoms with van der Waals surface area (Å²) < 4.78 is 6.87. The molecule has 2 nitrogen and oxygen atoms in total. The third-order valence-corrected chi connectivity index (χ3v) is 4.11. The molecule has 1 atom stereocenters. The minimum atomic E-state index is 0.111. The van der Waals surface area contributed by atoms with Gasteiger partial charge in [-0.3, -0.25) is 0 Å². The topological polar surface area (TPSA) is 35.2 Å². The Labute approximate surface area is 128 Å². The molecule has 2 N–H and O–H groups in total. The van der Waals surface area contributed by atoms with Crippen molar-refractivity contribution in [3.63, 3.8) is 0 Å². The van der Waals surface area contributed by atoms with E-state index in [1.165, 1.54) is 16.7 Å². The summed E-state index contributed by atoms with van der Waals surface area (Å²) in [5.74, 6) is 1.05. The van der Waals surface area contributed by atoms with Crippen molar-refractivity contribution in [2.75, 3.05) is 6.61 Å². The quantitative estimate of drug-likeness (QED) is 0.930. The molecule has 20 heavy (non-hydrogen) atoms. The van der Waals surface area contributed by atoms with Crippen molar-refractivity contribution < 1.29 is 4.74 Å². The minimum absolute atomic E-state index is 0.111. The van der Waals surface area contributed by atoms with Crippen LogP contribution in [0.4, 0.5) is 0 Å². The van der Waals surface area contributed by atoms with Gasteiger partial charge in [-0.1, -0.05) is 46.3 Å². The lowest BCUT2D eigenvalue weighted by Crippen LogP contribution is -2.25. The summed E-state index contributed by atoms with van der Waals surface area (Å²) in [6.45, 7) is 0.784. The Morgan fingerprint density at radius 2 is 1.95 bits per heavy atom. The number of ether oxygens (including phenoxy) is 1. The van der Waals surface area contributed by atoms with E-state index in [-0.39, 0.29) is 6.04 Å². The number of fused-ring (bicyclic) bond motifs is 1. The molecule has 1 unspecified atom stereocenters. The number of nitrogens with two attached hydrogens (primary N) is 1. The Morgan fingerprint density at radius 3 is 2.75 bits per heavy atom. The summed E-state index contributed by atoms with van der Waals surface area (Å²) in [6, 6.07) is 14.8. The van der Waals surface area contributed by atoms with E-state index in [9.17, 15) is 0 Å². The van der Waals surface area contributed by atoms with Crippen LogP contribution in [0.1, 0.15) is 16.7 Å². The second-order valence-electron chi connectivity index (χ2n) is 5.31.